The number of carbonyl (C=O) groups excluding carboxylic acids is 1. The second-order valence-electron chi connectivity index (χ2n) is 5.51. The van der Waals surface area contributed by atoms with E-state index in [1.807, 2.05) is 32.0 Å². The summed E-state index contributed by atoms with van der Waals surface area (Å²) in [6, 6.07) is 9.87. The maximum atomic E-state index is 12.4. The summed E-state index contributed by atoms with van der Waals surface area (Å²) in [4.78, 5) is 12.4. The van der Waals surface area contributed by atoms with Gasteiger partial charge in [-0.2, -0.15) is 0 Å². The second-order valence-corrected chi connectivity index (χ2v) is 6.35. The molecule has 0 aliphatic carbocycles. The largest absolute Gasteiger partial charge is 0.490 e. The maximum absolute atomic E-state index is 12.4. The van der Waals surface area contributed by atoms with Crippen LogP contribution in [0.25, 0.3) is 0 Å². The highest BCUT2D eigenvalue weighted by molar-refractivity contribution is 6.35. The topological polar surface area (TPSA) is 59.6 Å². The van der Waals surface area contributed by atoms with Crippen molar-refractivity contribution >= 4 is 40.5 Å². The number of anilines is 2. The van der Waals surface area contributed by atoms with E-state index >= 15 is 0 Å². The van der Waals surface area contributed by atoms with Crippen LogP contribution < -0.4 is 20.1 Å². The molecule has 0 aromatic heterocycles. The number of carbonyl (C=O) groups is 1. The highest BCUT2D eigenvalue weighted by Gasteiger charge is 2.16. The fourth-order valence-corrected chi connectivity index (χ4v) is 2.63. The Kier molecular flexibility index (Phi) is 7.42. The molecule has 2 aromatic rings. The van der Waals surface area contributed by atoms with E-state index < -0.39 is 6.04 Å². The molecular weight excluding hydrogens is 375 g/mol. The van der Waals surface area contributed by atoms with Crippen LogP contribution >= 0.6 is 23.2 Å². The van der Waals surface area contributed by atoms with Gasteiger partial charge in [-0.25, -0.2) is 0 Å². The standard InChI is InChI=1S/C19H22Cl2N2O3/c1-4-25-17-9-7-14(11-18(17)26-5-2)22-12(3)19(24)23-16-10-13(20)6-8-15(16)21/h6-12,22H,4-5H2,1-3H3,(H,23,24)/t12-/m1/s1. The molecule has 0 saturated heterocycles. The Hall–Kier alpha value is -2.11. The number of nitrogens with one attached hydrogen (secondary N) is 2. The molecule has 7 heteroatoms. The van der Waals surface area contributed by atoms with E-state index in [0.29, 0.717) is 40.4 Å². The fraction of sp³-hybridized carbons (Fsp3) is 0.316. The minimum atomic E-state index is -0.502. The summed E-state index contributed by atoms with van der Waals surface area (Å²) in [5.74, 6) is 1.06. The Morgan fingerprint density at radius 2 is 1.73 bits per heavy atom. The van der Waals surface area contributed by atoms with Gasteiger partial charge in [-0.1, -0.05) is 23.2 Å². The molecule has 0 spiro atoms. The van der Waals surface area contributed by atoms with Crippen LogP contribution in [-0.4, -0.2) is 25.2 Å². The number of rotatable bonds is 8. The van der Waals surface area contributed by atoms with Gasteiger partial charge in [0.15, 0.2) is 11.5 Å². The van der Waals surface area contributed by atoms with E-state index in [-0.39, 0.29) is 5.91 Å². The van der Waals surface area contributed by atoms with E-state index in [0.717, 1.165) is 5.69 Å². The van der Waals surface area contributed by atoms with Gasteiger partial charge in [-0.3, -0.25) is 4.79 Å². The summed E-state index contributed by atoms with van der Waals surface area (Å²) in [5.41, 5.74) is 1.22. The predicted octanol–water partition coefficient (Wildman–Crippen LogP) is 5.23. The fourth-order valence-electron chi connectivity index (χ4n) is 2.29. The average Bonchev–Trinajstić information content (AvgIpc) is 2.60. The molecule has 0 heterocycles. The van der Waals surface area contributed by atoms with Crippen molar-refractivity contribution in [2.75, 3.05) is 23.8 Å². The van der Waals surface area contributed by atoms with Crippen molar-refractivity contribution in [1.82, 2.24) is 0 Å². The van der Waals surface area contributed by atoms with Crippen LogP contribution in [0.3, 0.4) is 0 Å². The van der Waals surface area contributed by atoms with Gasteiger partial charge in [-0.05, 0) is 51.1 Å². The normalized spacial score (nSPS) is 11.6. The van der Waals surface area contributed by atoms with Crippen LogP contribution in [0.2, 0.25) is 10.0 Å². The first-order valence-corrected chi connectivity index (χ1v) is 9.12. The first-order valence-electron chi connectivity index (χ1n) is 8.36. The zero-order valence-corrected chi connectivity index (χ0v) is 16.4. The monoisotopic (exact) mass is 396 g/mol. The van der Waals surface area contributed by atoms with Crippen molar-refractivity contribution in [3.63, 3.8) is 0 Å². The third kappa shape index (κ3) is 5.44. The molecule has 1 atom stereocenters. The van der Waals surface area contributed by atoms with Crippen LogP contribution in [0.5, 0.6) is 11.5 Å². The Labute approximate surface area is 163 Å². The van der Waals surface area contributed by atoms with Crippen LogP contribution in [0.4, 0.5) is 11.4 Å². The van der Waals surface area contributed by atoms with Crippen molar-refractivity contribution in [1.29, 1.82) is 0 Å². The van der Waals surface area contributed by atoms with Gasteiger partial charge in [0, 0.05) is 16.8 Å². The van der Waals surface area contributed by atoms with Gasteiger partial charge in [0.25, 0.3) is 0 Å². The molecule has 2 rings (SSSR count). The second kappa shape index (κ2) is 9.55. The number of hydrogen-bond donors (Lipinski definition) is 2. The number of ether oxygens (including phenoxy) is 2. The average molecular weight is 397 g/mol. The van der Waals surface area contributed by atoms with Gasteiger partial charge in [-0.15, -0.1) is 0 Å². The minimum absolute atomic E-state index is 0.235. The smallest absolute Gasteiger partial charge is 0.246 e. The zero-order valence-electron chi connectivity index (χ0n) is 14.9. The van der Waals surface area contributed by atoms with E-state index in [2.05, 4.69) is 10.6 Å². The summed E-state index contributed by atoms with van der Waals surface area (Å²) in [6.07, 6.45) is 0. The number of benzene rings is 2. The molecule has 0 aliphatic rings. The maximum Gasteiger partial charge on any atom is 0.246 e. The van der Waals surface area contributed by atoms with Crippen LogP contribution in [0.1, 0.15) is 20.8 Å². The summed E-state index contributed by atoms with van der Waals surface area (Å²) >= 11 is 12.0. The van der Waals surface area contributed by atoms with E-state index in [1.54, 1.807) is 25.1 Å². The summed E-state index contributed by atoms with van der Waals surface area (Å²) in [6.45, 7) is 6.64. The van der Waals surface area contributed by atoms with Crippen molar-refractivity contribution < 1.29 is 14.3 Å². The van der Waals surface area contributed by atoms with Crippen molar-refractivity contribution in [3.05, 3.63) is 46.4 Å². The lowest BCUT2D eigenvalue weighted by Crippen LogP contribution is -2.32. The SMILES string of the molecule is CCOc1ccc(N[C@H](C)C(=O)Nc2cc(Cl)ccc2Cl)cc1OCC. The zero-order chi connectivity index (χ0) is 19.1. The molecule has 5 nitrogen and oxygen atoms in total. The van der Waals surface area contributed by atoms with Crippen molar-refractivity contribution in [2.45, 2.75) is 26.8 Å². The highest BCUT2D eigenvalue weighted by atomic mass is 35.5. The Morgan fingerprint density at radius 3 is 2.42 bits per heavy atom. The third-order valence-electron chi connectivity index (χ3n) is 3.51. The number of amides is 1. The lowest BCUT2D eigenvalue weighted by atomic mass is 10.2. The molecule has 26 heavy (non-hydrogen) atoms. The molecule has 0 fully saturated rings. The minimum Gasteiger partial charge on any atom is -0.490 e. The third-order valence-corrected chi connectivity index (χ3v) is 4.07. The van der Waals surface area contributed by atoms with Crippen molar-refractivity contribution in [2.24, 2.45) is 0 Å². The first-order chi connectivity index (χ1) is 12.4. The molecule has 0 aliphatic heterocycles. The van der Waals surface area contributed by atoms with Crippen LogP contribution in [-0.2, 0) is 4.79 Å². The van der Waals surface area contributed by atoms with E-state index in [4.69, 9.17) is 32.7 Å². The lowest BCUT2D eigenvalue weighted by Gasteiger charge is -2.18. The number of hydrogen-bond acceptors (Lipinski definition) is 4. The molecule has 2 N–H and O–H groups in total. The molecule has 0 saturated carbocycles. The predicted molar refractivity (Wildman–Crippen MR) is 107 cm³/mol. The Morgan fingerprint density at radius 1 is 1.04 bits per heavy atom. The molecule has 2 aromatic carbocycles. The molecule has 0 bridgehead atoms. The summed E-state index contributed by atoms with van der Waals surface area (Å²) in [7, 11) is 0. The molecule has 140 valence electrons. The Bertz CT molecular complexity index is 768. The molecular formula is C19H22Cl2N2O3. The van der Waals surface area contributed by atoms with Crippen LogP contribution in [0.15, 0.2) is 36.4 Å². The lowest BCUT2D eigenvalue weighted by molar-refractivity contribution is -0.116. The van der Waals surface area contributed by atoms with Gasteiger partial charge in [0.05, 0.1) is 23.9 Å². The van der Waals surface area contributed by atoms with E-state index in [1.165, 1.54) is 0 Å². The molecule has 1 amide bonds. The van der Waals surface area contributed by atoms with Gasteiger partial charge >= 0.3 is 0 Å². The molecule has 0 radical (unpaired) electrons. The van der Waals surface area contributed by atoms with Gasteiger partial charge < -0.3 is 20.1 Å². The van der Waals surface area contributed by atoms with E-state index in [9.17, 15) is 4.79 Å². The summed E-state index contributed by atoms with van der Waals surface area (Å²) < 4.78 is 11.1. The first kappa shape index (κ1) is 20.2. The highest BCUT2D eigenvalue weighted by Crippen LogP contribution is 2.31. The van der Waals surface area contributed by atoms with Gasteiger partial charge in [0.1, 0.15) is 6.04 Å². The van der Waals surface area contributed by atoms with Crippen LogP contribution in [0, 0.1) is 0 Å². The quantitative estimate of drug-likeness (QED) is 0.641. The summed E-state index contributed by atoms with van der Waals surface area (Å²) in [5, 5.41) is 6.83. The molecule has 0 unspecified atom stereocenters. The number of halogens is 2. The Balaban J connectivity index is 2.08. The van der Waals surface area contributed by atoms with Gasteiger partial charge in [0.2, 0.25) is 5.91 Å². The van der Waals surface area contributed by atoms with Crippen molar-refractivity contribution in [3.8, 4) is 11.5 Å².